The van der Waals surface area contributed by atoms with Gasteiger partial charge in [0.1, 0.15) is 0 Å². The summed E-state index contributed by atoms with van der Waals surface area (Å²) in [6.45, 7) is 11.0. The monoisotopic (exact) mass is 280 g/mol. The molecule has 0 aliphatic carbocycles. The molecule has 0 saturated heterocycles. The Morgan fingerprint density at radius 3 is 2.75 bits per heavy atom. The van der Waals surface area contributed by atoms with Crippen molar-refractivity contribution in [1.29, 1.82) is 0 Å². The molecule has 1 N–H and O–H groups in total. The standard InChI is InChI=1S/C14H24N4O2/c1-10(2)7-15-14(19)9-20-17-12(4)8-18-13(5)6-11(3)16-18/h6,10H,7-9H2,1-5H3,(H,15,19)/b17-12-. The van der Waals surface area contributed by atoms with E-state index < -0.39 is 0 Å². The van der Waals surface area contributed by atoms with Crippen LogP contribution in [0.15, 0.2) is 11.2 Å². The highest BCUT2D eigenvalue weighted by atomic mass is 16.6. The fourth-order valence-corrected chi connectivity index (χ4v) is 1.65. The zero-order chi connectivity index (χ0) is 15.1. The summed E-state index contributed by atoms with van der Waals surface area (Å²) in [4.78, 5) is 16.5. The molecule has 0 atom stereocenters. The molecule has 0 aliphatic rings. The van der Waals surface area contributed by atoms with E-state index in [1.54, 1.807) is 0 Å². The van der Waals surface area contributed by atoms with Gasteiger partial charge in [-0.05, 0) is 32.8 Å². The summed E-state index contributed by atoms with van der Waals surface area (Å²) in [5.41, 5.74) is 2.82. The molecule has 1 amide bonds. The van der Waals surface area contributed by atoms with Crippen molar-refractivity contribution in [2.24, 2.45) is 11.1 Å². The highest BCUT2D eigenvalue weighted by Gasteiger charge is 2.04. The molecule has 1 rings (SSSR count). The molecule has 0 unspecified atom stereocenters. The molecule has 0 aromatic carbocycles. The Hall–Kier alpha value is -1.85. The average Bonchev–Trinajstić information content (AvgIpc) is 2.65. The third kappa shape index (κ3) is 5.86. The van der Waals surface area contributed by atoms with Crippen LogP contribution in [0, 0.1) is 19.8 Å². The summed E-state index contributed by atoms with van der Waals surface area (Å²) in [5.74, 6) is 0.275. The third-order valence-corrected chi connectivity index (χ3v) is 2.61. The Labute approximate surface area is 120 Å². The molecule has 0 spiro atoms. The number of amides is 1. The first-order valence-corrected chi connectivity index (χ1v) is 6.81. The van der Waals surface area contributed by atoms with Crippen molar-refractivity contribution < 1.29 is 9.63 Å². The lowest BCUT2D eigenvalue weighted by Crippen LogP contribution is -2.30. The van der Waals surface area contributed by atoms with Gasteiger partial charge in [0.15, 0.2) is 6.61 Å². The molecule has 0 radical (unpaired) electrons. The summed E-state index contributed by atoms with van der Waals surface area (Å²) in [5, 5.41) is 11.0. The molecule has 0 fully saturated rings. The Bertz CT molecular complexity index is 478. The van der Waals surface area contributed by atoms with E-state index in [1.807, 2.05) is 45.4 Å². The number of rotatable bonds is 7. The van der Waals surface area contributed by atoms with Gasteiger partial charge in [-0.2, -0.15) is 5.10 Å². The lowest BCUT2D eigenvalue weighted by atomic mass is 10.2. The number of carbonyl (C=O) groups excluding carboxylic acids is 1. The maximum absolute atomic E-state index is 11.4. The van der Waals surface area contributed by atoms with Crippen LogP contribution in [0.3, 0.4) is 0 Å². The third-order valence-electron chi connectivity index (χ3n) is 2.61. The predicted octanol–water partition coefficient (Wildman–Crippen LogP) is 1.66. The zero-order valence-electron chi connectivity index (χ0n) is 12.9. The topological polar surface area (TPSA) is 68.5 Å². The number of hydrogen-bond donors (Lipinski definition) is 1. The van der Waals surface area contributed by atoms with Gasteiger partial charge in [0.25, 0.3) is 5.91 Å². The van der Waals surface area contributed by atoms with Gasteiger partial charge < -0.3 is 10.2 Å². The second-order valence-corrected chi connectivity index (χ2v) is 5.38. The minimum atomic E-state index is -0.152. The van der Waals surface area contributed by atoms with Crippen molar-refractivity contribution in [3.05, 3.63) is 17.5 Å². The second kappa shape index (κ2) is 7.67. The molecule has 1 aromatic rings. The fourth-order valence-electron chi connectivity index (χ4n) is 1.65. The van der Waals surface area contributed by atoms with E-state index in [1.165, 1.54) is 0 Å². The lowest BCUT2D eigenvalue weighted by molar-refractivity contribution is -0.125. The molecule has 0 bridgehead atoms. The molecule has 1 heterocycles. The average molecular weight is 280 g/mol. The number of hydrogen-bond acceptors (Lipinski definition) is 4. The van der Waals surface area contributed by atoms with Gasteiger partial charge in [0.2, 0.25) is 0 Å². The molecular weight excluding hydrogens is 256 g/mol. The van der Waals surface area contributed by atoms with Crippen LogP contribution in [0.2, 0.25) is 0 Å². The number of oxime groups is 1. The van der Waals surface area contributed by atoms with Crippen molar-refractivity contribution >= 4 is 11.6 Å². The summed E-state index contributed by atoms with van der Waals surface area (Å²) >= 11 is 0. The molecule has 0 saturated carbocycles. The predicted molar refractivity (Wildman–Crippen MR) is 78.6 cm³/mol. The van der Waals surface area contributed by atoms with Crippen molar-refractivity contribution in [1.82, 2.24) is 15.1 Å². The van der Waals surface area contributed by atoms with Crippen molar-refractivity contribution in [2.75, 3.05) is 13.2 Å². The Morgan fingerprint density at radius 2 is 2.20 bits per heavy atom. The quantitative estimate of drug-likeness (QED) is 0.610. The largest absolute Gasteiger partial charge is 0.386 e. The molecule has 20 heavy (non-hydrogen) atoms. The maximum atomic E-state index is 11.4. The van der Waals surface area contributed by atoms with Gasteiger partial charge in [0, 0.05) is 12.2 Å². The Morgan fingerprint density at radius 1 is 1.50 bits per heavy atom. The van der Waals surface area contributed by atoms with Gasteiger partial charge >= 0.3 is 0 Å². The van der Waals surface area contributed by atoms with Gasteiger partial charge in [-0.25, -0.2) is 0 Å². The summed E-state index contributed by atoms with van der Waals surface area (Å²) in [6, 6.07) is 2.01. The van der Waals surface area contributed by atoms with Crippen LogP contribution >= 0.6 is 0 Å². The van der Waals surface area contributed by atoms with Gasteiger partial charge in [-0.1, -0.05) is 19.0 Å². The number of carbonyl (C=O) groups is 1. The normalized spacial score (nSPS) is 11.8. The van der Waals surface area contributed by atoms with Crippen LogP contribution in [-0.4, -0.2) is 34.6 Å². The number of aromatic nitrogens is 2. The van der Waals surface area contributed by atoms with Crippen LogP contribution in [0.1, 0.15) is 32.2 Å². The molecular formula is C14H24N4O2. The maximum Gasteiger partial charge on any atom is 0.260 e. The van der Waals surface area contributed by atoms with E-state index in [0.717, 1.165) is 17.1 Å². The first-order valence-electron chi connectivity index (χ1n) is 6.81. The number of nitrogens with zero attached hydrogens (tertiary/aromatic N) is 3. The van der Waals surface area contributed by atoms with E-state index >= 15 is 0 Å². The lowest BCUT2D eigenvalue weighted by Gasteiger charge is -2.07. The molecule has 112 valence electrons. The van der Waals surface area contributed by atoms with Crippen LogP contribution in [-0.2, 0) is 16.2 Å². The first-order chi connectivity index (χ1) is 9.38. The highest BCUT2D eigenvalue weighted by Crippen LogP contribution is 2.02. The molecule has 0 aliphatic heterocycles. The van der Waals surface area contributed by atoms with E-state index in [4.69, 9.17) is 4.84 Å². The summed E-state index contributed by atoms with van der Waals surface area (Å²) in [6.07, 6.45) is 0. The van der Waals surface area contributed by atoms with Crippen LogP contribution in [0.5, 0.6) is 0 Å². The highest BCUT2D eigenvalue weighted by molar-refractivity contribution is 5.81. The van der Waals surface area contributed by atoms with E-state index in [-0.39, 0.29) is 12.5 Å². The van der Waals surface area contributed by atoms with Crippen molar-refractivity contribution in [3.8, 4) is 0 Å². The van der Waals surface area contributed by atoms with Crippen LogP contribution < -0.4 is 5.32 Å². The van der Waals surface area contributed by atoms with Crippen molar-refractivity contribution in [3.63, 3.8) is 0 Å². The number of nitrogens with one attached hydrogen (secondary N) is 1. The van der Waals surface area contributed by atoms with E-state index in [0.29, 0.717) is 19.0 Å². The van der Waals surface area contributed by atoms with Crippen molar-refractivity contribution in [2.45, 2.75) is 41.2 Å². The zero-order valence-corrected chi connectivity index (χ0v) is 12.9. The summed E-state index contributed by atoms with van der Waals surface area (Å²) in [7, 11) is 0. The van der Waals surface area contributed by atoms with Crippen LogP contribution in [0.4, 0.5) is 0 Å². The second-order valence-electron chi connectivity index (χ2n) is 5.38. The summed E-state index contributed by atoms with van der Waals surface area (Å²) < 4.78 is 1.86. The first kappa shape index (κ1) is 16.2. The minimum Gasteiger partial charge on any atom is -0.386 e. The fraction of sp³-hybridized carbons (Fsp3) is 0.643. The smallest absolute Gasteiger partial charge is 0.260 e. The minimum absolute atomic E-state index is 0.0544. The van der Waals surface area contributed by atoms with Gasteiger partial charge in [-0.15, -0.1) is 0 Å². The molecule has 1 aromatic heterocycles. The van der Waals surface area contributed by atoms with Crippen LogP contribution in [0.25, 0.3) is 0 Å². The van der Waals surface area contributed by atoms with Gasteiger partial charge in [-0.3, -0.25) is 9.48 Å². The Kier molecular flexibility index (Phi) is 6.21. The molecule has 6 heteroatoms. The molecule has 6 nitrogen and oxygen atoms in total. The SMILES string of the molecule is C/C(Cn1nc(C)cc1C)=N/OCC(=O)NCC(C)C. The van der Waals surface area contributed by atoms with E-state index in [9.17, 15) is 4.79 Å². The number of aryl methyl sites for hydroxylation is 2. The van der Waals surface area contributed by atoms with Gasteiger partial charge in [0.05, 0.1) is 18.0 Å². The van der Waals surface area contributed by atoms with E-state index in [2.05, 4.69) is 15.6 Å². The Balaban J connectivity index is 2.35.